The molecule has 0 bridgehead atoms. The van der Waals surface area contributed by atoms with Crippen LogP contribution in [0.2, 0.25) is 0 Å². The summed E-state index contributed by atoms with van der Waals surface area (Å²) in [6, 6.07) is 0.156. The van der Waals surface area contributed by atoms with E-state index in [1.54, 1.807) is 0 Å². The second kappa shape index (κ2) is 8.39. The Bertz CT molecular complexity index is 471. The van der Waals surface area contributed by atoms with E-state index in [1.165, 1.54) is 17.1 Å². The minimum atomic E-state index is -0.500. The topological polar surface area (TPSA) is 90.1 Å². The summed E-state index contributed by atoms with van der Waals surface area (Å²) < 4.78 is 1.42. The van der Waals surface area contributed by atoms with Gasteiger partial charge in [-0.3, -0.25) is 19.6 Å². The molecule has 0 fully saturated rings. The highest BCUT2D eigenvalue weighted by molar-refractivity contribution is 5.76. The molecule has 1 N–H and O–H groups in total. The number of amides is 1. The highest BCUT2D eigenvalue weighted by atomic mass is 16.6. The number of rotatable bonds is 9. The monoisotopic (exact) mass is 296 g/mol. The molecule has 1 heterocycles. The molecule has 7 heteroatoms. The van der Waals surface area contributed by atoms with Crippen molar-refractivity contribution < 1.29 is 9.72 Å². The molecule has 1 amide bonds. The molecule has 0 aromatic carbocycles. The molecular weight excluding hydrogens is 272 g/mol. The van der Waals surface area contributed by atoms with Crippen LogP contribution >= 0.6 is 0 Å². The molecule has 1 rings (SSSR count). The first-order chi connectivity index (χ1) is 9.88. The Labute approximate surface area is 124 Å². The van der Waals surface area contributed by atoms with Gasteiger partial charge in [0, 0.05) is 19.0 Å². The predicted molar refractivity (Wildman–Crippen MR) is 79.8 cm³/mol. The summed E-state index contributed by atoms with van der Waals surface area (Å²) in [5.74, 6) is 0.633. The molecule has 0 saturated heterocycles. The van der Waals surface area contributed by atoms with E-state index < -0.39 is 4.92 Å². The van der Waals surface area contributed by atoms with Crippen molar-refractivity contribution in [1.82, 2.24) is 15.1 Å². The van der Waals surface area contributed by atoms with Crippen molar-refractivity contribution in [3.8, 4) is 0 Å². The van der Waals surface area contributed by atoms with E-state index in [0.29, 0.717) is 12.5 Å². The lowest BCUT2D eigenvalue weighted by molar-refractivity contribution is -0.385. The maximum absolute atomic E-state index is 11.8. The molecule has 0 spiro atoms. The van der Waals surface area contributed by atoms with Crippen LogP contribution in [-0.4, -0.2) is 26.7 Å². The van der Waals surface area contributed by atoms with Crippen molar-refractivity contribution in [2.24, 2.45) is 5.92 Å². The molecule has 1 atom stereocenters. The van der Waals surface area contributed by atoms with Crippen LogP contribution in [0.5, 0.6) is 0 Å². The second-order valence-corrected chi connectivity index (χ2v) is 5.76. The maximum Gasteiger partial charge on any atom is 0.306 e. The lowest BCUT2D eigenvalue weighted by atomic mass is 10.0. The number of carbonyl (C=O) groups excluding carboxylic acids is 1. The van der Waals surface area contributed by atoms with E-state index >= 15 is 0 Å². The molecule has 1 aromatic rings. The Morgan fingerprint density at radius 3 is 2.71 bits per heavy atom. The summed E-state index contributed by atoms with van der Waals surface area (Å²) in [6.07, 6.45) is 6.03. The normalized spacial score (nSPS) is 12.4. The average molecular weight is 296 g/mol. The van der Waals surface area contributed by atoms with E-state index in [4.69, 9.17) is 0 Å². The molecule has 0 unspecified atom stereocenters. The smallest absolute Gasteiger partial charge is 0.306 e. The largest absolute Gasteiger partial charge is 0.354 e. The molecular formula is C14H24N4O3. The summed E-state index contributed by atoms with van der Waals surface area (Å²) in [5.41, 5.74) is -0.0579. The summed E-state index contributed by atoms with van der Waals surface area (Å²) >= 11 is 0. The molecule has 0 radical (unpaired) electrons. The van der Waals surface area contributed by atoms with Gasteiger partial charge >= 0.3 is 5.69 Å². The van der Waals surface area contributed by atoms with E-state index in [1.807, 2.05) is 6.92 Å². The minimum Gasteiger partial charge on any atom is -0.354 e. The first-order valence-electron chi connectivity index (χ1n) is 7.34. The zero-order valence-electron chi connectivity index (χ0n) is 12.9. The number of nitrogens with zero attached hydrogens (tertiary/aromatic N) is 3. The van der Waals surface area contributed by atoms with E-state index in [9.17, 15) is 14.9 Å². The maximum atomic E-state index is 11.8. The molecule has 21 heavy (non-hydrogen) atoms. The van der Waals surface area contributed by atoms with Gasteiger partial charge in [0.25, 0.3) is 0 Å². The van der Waals surface area contributed by atoms with Gasteiger partial charge in [-0.2, -0.15) is 5.10 Å². The van der Waals surface area contributed by atoms with Crippen molar-refractivity contribution in [2.75, 3.05) is 0 Å². The fourth-order valence-electron chi connectivity index (χ4n) is 2.04. The number of aryl methyl sites for hydroxylation is 1. The van der Waals surface area contributed by atoms with Gasteiger partial charge in [-0.25, -0.2) is 0 Å². The Kier molecular flexibility index (Phi) is 6.84. The standard InChI is InChI=1S/C14H24N4O3/c1-11(2)5-4-6-12(3)16-14(19)7-8-17-10-13(9-15-17)18(20)21/h9-12H,4-8H2,1-3H3,(H,16,19)/t12-/m1/s1. The van der Waals surface area contributed by atoms with Crippen molar-refractivity contribution >= 4 is 11.6 Å². The van der Waals surface area contributed by atoms with Crippen LogP contribution in [0, 0.1) is 16.0 Å². The van der Waals surface area contributed by atoms with Crippen LogP contribution in [0.3, 0.4) is 0 Å². The lowest BCUT2D eigenvalue weighted by Gasteiger charge is -2.14. The summed E-state index contributed by atoms with van der Waals surface area (Å²) in [7, 11) is 0. The zero-order valence-corrected chi connectivity index (χ0v) is 12.9. The SMILES string of the molecule is CC(C)CCC[C@@H](C)NC(=O)CCn1cc([N+](=O)[O-])cn1. The Hall–Kier alpha value is -1.92. The summed E-state index contributed by atoms with van der Waals surface area (Å²) in [6.45, 7) is 6.72. The molecule has 0 aliphatic heterocycles. The molecule has 7 nitrogen and oxygen atoms in total. The van der Waals surface area contributed by atoms with Crippen molar-refractivity contribution in [2.45, 2.75) is 59.0 Å². The number of nitro groups is 1. The number of hydrogen-bond donors (Lipinski definition) is 1. The lowest BCUT2D eigenvalue weighted by Crippen LogP contribution is -2.33. The first-order valence-corrected chi connectivity index (χ1v) is 7.34. The number of hydrogen-bond acceptors (Lipinski definition) is 4. The van der Waals surface area contributed by atoms with Crippen LogP contribution in [0.1, 0.15) is 46.5 Å². The van der Waals surface area contributed by atoms with Gasteiger partial charge in [-0.05, 0) is 19.3 Å². The van der Waals surface area contributed by atoms with Crippen LogP contribution in [0.25, 0.3) is 0 Å². The van der Waals surface area contributed by atoms with Crippen LogP contribution < -0.4 is 5.32 Å². The molecule has 0 saturated carbocycles. The molecule has 0 aliphatic carbocycles. The van der Waals surface area contributed by atoms with Gasteiger partial charge < -0.3 is 5.32 Å². The first kappa shape index (κ1) is 17.1. The van der Waals surface area contributed by atoms with Gasteiger partial charge in [-0.15, -0.1) is 0 Å². The molecule has 118 valence electrons. The zero-order chi connectivity index (χ0) is 15.8. The third kappa shape index (κ3) is 6.87. The average Bonchev–Trinajstić information content (AvgIpc) is 2.84. The van der Waals surface area contributed by atoms with E-state index in [0.717, 1.165) is 19.3 Å². The Balaban J connectivity index is 2.25. The van der Waals surface area contributed by atoms with Crippen LogP contribution in [0.15, 0.2) is 12.4 Å². The van der Waals surface area contributed by atoms with Crippen molar-refractivity contribution in [1.29, 1.82) is 0 Å². The quantitative estimate of drug-likeness (QED) is 0.560. The molecule has 0 aliphatic rings. The van der Waals surface area contributed by atoms with Gasteiger partial charge in [0.05, 0.1) is 4.92 Å². The molecule has 1 aromatic heterocycles. The second-order valence-electron chi connectivity index (χ2n) is 5.76. The number of carbonyl (C=O) groups is 1. The number of nitrogens with one attached hydrogen (secondary N) is 1. The van der Waals surface area contributed by atoms with Gasteiger partial charge in [0.15, 0.2) is 0 Å². The highest BCUT2D eigenvalue weighted by Gasteiger charge is 2.11. The van der Waals surface area contributed by atoms with Gasteiger partial charge in [0.1, 0.15) is 12.4 Å². The third-order valence-electron chi connectivity index (χ3n) is 3.22. The summed E-state index contributed by atoms with van der Waals surface area (Å²) in [4.78, 5) is 21.8. The van der Waals surface area contributed by atoms with E-state index in [-0.39, 0.29) is 24.1 Å². The predicted octanol–water partition coefficient (Wildman–Crippen LogP) is 2.51. The summed E-state index contributed by atoms with van der Waals surface area (Å²) in [5, 5.41) is 17.3. The van der Waals surface area contributed by atoms with Crippen molar-refractivity contribution in [3.63, 3.8) is 0 Å². The van der Waals surface area contributed by atoms with E-state index in [2.05, 4.69) is 24.3 Å². The van der Waals surface area contributed by atoms with Gasteiger partial charge in [0.2, 0.25) is 5.91 Å². The van der Waals surface area contributed by atoms with Crippen molar-refractivity contribution in [3.05, 3.63) is 22.5 Å². The van der Waals surface area contributed by atoms with Gasteiger partial charge in [-0.1, -0.05) is 26.7 Å². The third-order valence-corrected chi connectivity index (χ3v) is 3.22. The fraction of sp³-hybridized carbons (Fsp3) is 0.714. The van der Waals surface area contributed by atoms with Crippen LogP contribution in [-0.2, 0) is 11.3 Å². The minimum absolute atomic E-state index is 0.0507. The van der Waals surface area contributed by atoms with Crippen LogP contribution in [0.4, 0.5) is 5.69 Å². The fourth-order valence-corrected chi connectivity index (χ4v) is 2.04. The Morgan fingerprint density at radius 2 is 2.14 bits per heavy atom. The Morgan fingerprint density at radius 1 is 1.43 bits per heavy atom. The highest BCUT2D eigenvalue weighted by Crippen LogP contribution is 2.09. The number of aromatic nitrogens is 2.